The van der Waals surface area contributed by atoms with Crippen molar-refractivity contribution in [1.82, 2.24) is 10.3 Å². The third kappa shape index (κ3) is 3.72. The quantitative estimate of drug-likeness (QED) is 0.368. The average molecular weight is 289 g/mol. The molecule has 104 valence electrons. The van der Waals surface area contributed by atoms with Gasteiger partial charge in [0.1, 0.15) is 0 Å². The summed E-state index contributed by atoms with van der Waals surface area (Å²) in [4.78, 5) is 14.9. The lowest BCUT2D eigenvalue weighted by Crippen LogP contribution is -2.16. The van der Waals surface area contributed by atoms with Gasteiger partial charge in [0.2, 0.25) is 0 Å². The molecule has 0 fully saturated rings. The highest BCUT2D eigenvalue weighted by Gasteiger charge is 2.09. The van der Waals surface area contributed by atoms with Crippen LogP contribution in [0.25, 0.3) is 11.3 Å². The van der Waals surface area contributed by atoms with Crippen molar-refractivity contribution < 1.29 is 4.92 Å². The molecule has 1 aromatic heterocycles. The van der Waals surface area contributed by atoms with Crippen LogP contribution in [0.1, 0.15) is 5.01 Å². The fourth-order valence-corrected chi connectivity index (χ4v) is 2.54. The van der Waals surface area contributed by atoms with Crippen LogP contribution in [0.4, 0.5) is 5.69 Å². The van der Waals surface area contributed by atoms with Gasteiger partial charge in [0, 0.05) is 42.6 Å². The van der Waals surface area contributed by atoms with Gasteiger partial charge < -0.3 is 5.32 Å². The number of nitrogens with one attached hydrogen (secondary N) is 1. The minimum atomic E-state index is -0.393. The molecule has 6 heteroatoms. The molecule has 0 radical (unpaired) electrons. The Labute approximate surface area is 121 Å². The highest BCUT2D eigenvalue weighted by atomic mass is 32.1. The van der Waals surface area contributed by atoms with E-state index in [0.717, 1.165) is 35.8 Å². The predicted molar refractivity (Wildman–Crippen MR) is 81.0 cm³/mol. The summed E-state index contributed by atoms with van der Waals surface area (Å²) in [6.07, 6.45) is 2.66. The Kier molecular flexibility index (Phi) is 4.97. The van der Waals surface area contributed by atoms with Crippen LogP contribution in [0, 0.1) is 10.1 Å². The van der Waals surface area contributed by atoms with Gasteiger partial charge in [0.25, 0.3) is 5.69 Å². The van der Waals surface area contributed by atoms with Crippen molar-refractivity contribution in [2.75, 3.05) is 13.1 Å². The summed E-state index contributed by atoms with van der Waals surface area (Å²) < 4.78 is 0. The van der Waals surface area contributed by atoms with E-state index >= 15 is 0 Å². The second-order valence-corrected chi connectivity index (χ2v) is 5.12. The Morgan fingerprint density at radius 1 is 1.50 bits per heavy atom. The van der Waals surface area contributed by atoms with E-state index in [1.165, 1.54) is 6.07 Å². The molecule has 0 saturated heterocycles. The standard InChI is InChI=1S/C14H15N3O2S/c1-2-7-15-8-6-14-16-13(10-20-14)11-4-3-5-12(9-11)17(18)19/h2-5,9-10,15H,1,6-8H2. The van der Waals surface area contributed by atoms with Crippen molar-refractivity contribution in [2.24, 2.45) is 0 Å². The molecule has 0 atom stereocenters. The molecule has 0 saturated carbocycles. The van der Waals surface area contributed by atoms with Crippen LogP contribution in [-0.2, 0) is 6.42 Å². The van der Waals surface area contributed by atoms with E-state index < -0.39 is 4.92 Å². The van der Waals surface area contributed by atoms with Crippen LogP contribution in [0.5, 0.6) is 0 Å². The van der Waals surface area contributed by atoms with Gasteiger partial charge in [-0.05, 0) is 0 Å². The number of benzene rings is 1. The number of aromatic nitrogens is 1. The first kappa shape index (κ1) is 14.4. The first-order valence-corrected chi connectivity index (χ1v) is 7.09. The fraction of sp³-hybridized carbons (Fsp3) is 0.214. The molecule has 0 aliphatic heterocycles. The average Bonchev–Trinajstić information content (AvgIpc) is 2.92. The summed E-state index contributed by atoms with van der Waals surface area (Å²) in [5, 5.41) is 16.9. The molecule has 5 nitrogen and oxygen atoms in total. The molecule has 0 unspecified atom stereocenters. The minimum Gasteiger partial charge on any atom is -0.313 e. The molecule has 1 N–H and O–H groups in total. The smallest absolute Gasteiger partial charge is 0.270 e. The van der Waals surface area contributed by atoms with Crippen molar-refractivity contribution in [1.29, 1.82) is 0 Å². The van der Waals surface area contributed by atoms with Crippen molar-refractivity contribution in [3.63, 3.8) is 0 Å². The van der Waals surface area contributed by atoms with E-state index in [1.54, 1.807) is 23.5 Å². The summed E-state index contributed by atoms with van der Waals surface area (Å²) in [6, 6.07) is 6.55. The van der Waals surface area contributed by atoms with Crippen LogP contribution in [-0.4, -0.2) is 23.0 Å². The van der Waals surface area contributed by atoms with E-state index in [2.05, 4.69) is 16.9 Å². The van der Waals surface area contributed by atoms with Crippen LogP contribution in [0.3, 0.4) is 0 Å². The van der Waals surface area contributed by atoms with Gasteiger partial charge in [-0.3, -0.25) is 10.1 Å². The Hall–Kier alpha value is -2.05. The third-order valence-corrected chi connectivity index (χ3v) is 3.62. The van der Waals surface area contributed by atoms with Gasteiger partial charge >= 0.3 is 0 Å². The highest BCUT2D eigenvalue weighted by Crippen LogP contribution is 2.25. The molecule has 1 aromatic carbocycles. The first-order valence-electron chi connectivity index (χ1n) is 6.21. The largest absolute Gasteiger partial charge is 0.313 e. The summed E-state index contributed by atoms with van der Waals surface area (Å²) in [5.41, 5.74) is 1.66. The molecule has 1 heterocycles. The van der Waals surface area contributed by atoms with E-state index in [9.17, 15) is 10.1 Å². The zero-order valence-electron chi connectivity index (χ0n) is 10.9. The Bertz CT molecular complexity index is 610. The van der Waals surface area contributed by atoms with Crippen LogP contribution >= 0.6 is 11.3 Å². The Balaban J connectivity index is 2.06. The summed E-state index contributed by atoms with van der Waals surface area (Å²) in [7, 11) is 0. The lowest BCUT2D eigenvalue weighted by molar-refractivity contribution is -0.384. The van der Waals surface area contributed by atoms with E-state index in [4.69, 9.17) is 0 Å². The Morgan fingerprint density at radius 3 is 3.10 bits per heavy atom. The molecule has 2 aromatic rings. The van der Waals surface area contributed by atoms with Gasteiger partial charge in [0.15, 0.2) is 0 Å². The zero-order valence-corrected chi connectivity index (χ0v) is 11.7. The molecular formula is C14H15N3O2S. The lowest BCUT2D eigenvalue weighted by Gasteiger charge is -1.98. The number of rotatable bonds is 7. The molecule has 0 amide bonds. The van der Waals surface area contributed by atoms with Gasteiger partial charge in [0.05, 0.1) is 15.6 Å². The van der Waals surface area contributed by atoms with Gasteiger partial charge in [-0.1, -0.05) is 18.2 Å². The van der Waals surface area contributed by atoms with Crippen LogP contribution < -0.4 is 5.32 Å². The number of hydrogen-bond donors (Lipinski definition) is 1. The molecule has 0 spiro atoms. The van der Waals surface area contributed by atoms with Crippen LogP contribution in [0.15, 0.2) is 42.3 Å². The van der Waals surface area contributed by atoms with E-state index in [-0.39, 0.29) is 5.69 Å². The highest BCUT2D eigenvalue weighted by molar-refractivity contribution is 7.09. The predicted octanol–water partition coefficient (Wildman–Crippen LogP) is 3.04. The molecule has 0 aliphatic carbocycles. The fourth-order valence-electron chi connectivity index (χ4n) is 1.74. The Morgan fingerprint density at radius 2 is 2.35 bits per heavy atom. The van der Waals surface area contributed by atoms with E-state index in [0.29, 0.717) is 0 Å². The third-order valence-electron chi connectivity index (χ3n) is 2.71. The van der Waals surface area contributed by atoms with Crippen molar-refractivity contribution >= 4 is 17.0 Å². The van der Waals surface area contributed by atoms with Gasteiger partial charge in [-0.25, -0.2) is 4.98 Å². The lowest BCUT2D eigenvalue weighted by atomic mass is 10.1. The number of nitrogens with zero attached hydrogens (tertiary/aromatic N) is 2. The maximum absolute atomic E-state index is 10.8. The van der Waals surface area contributed by atoms with Crippen molar-refractivity contribution in [3.05, 3.63) is 57.4 Å². The number of thiazole rings is 1. The van der Waals surface area contributed by atoms with Crippen LogP contribution in [0.2, 0.25) is 0 Å². The molecule has 2 rings (SSSR count). The molecule has 20 heavy (non-hydrogen) atoms. The van der Waals surface area contributed by atoms with Crippen molar-refractivity contribution in [2.45, 2.75) is 6.42 Å². The number of non-ortho nitro benzene ring substituents is 1. The SMILES string of the molecule is C=CCNCCc1nc(-c2cccc([N+](=O)[O-])c2)cs1. The monoisotopic (exact) mass is 289 g/mol. The molecule has 0 aliphatic rings. The number of hydrogen-bond acceptors (Lipinski definition) is 5. The molecular weight excluding hydrogens is 274 g/mol. The van der Waals surface area contributed by atoms with Gasteiger partial charge in [-0.2, -0.15) is 0 Å². The maximum atomic E-state index is 10.8. The second kappa shape index (κ2) is 6.93. The van der Waals surface area contributed by atoms with Crippen molar-refractivity contribution in [3.8, 4) is 11.3 Å². The number of nitro groups is 1. The van der Waals surface area contributed by atoms with E-state index in [1.807, 2.05) is 17.5 Å². The summed E-state index contributed by atoms with van der Waals surface area (Å²) >= 11 is 1.57. The number of nitro benzene ring substituents is 1. The molecule has 0 bridgehead atoms. The first-order chi connectivity index (χ1) is 9.70. The second-order valence-electron chi connectivity index (χ2n) is 4.18. The maximum Gasteiger partial charge on any atom is 0.270 e. The topological polar surface area (TPSA) is 68.1 Å². The zero-order chi connectivity index (χ0) is 14.4. The minimum absolute atomic E-state index is 0.0877. The normalized spacial score (nSPS) is 10.4. The van der Waals surface area contributed by atoms with Gasteiger partial charge in [-0.15, -0.1) is 17.9 Å². The summed E-state index contributed by atoms with van der Waals surface area (Å²) in [5.74, 6) is 0. The summed E-state index contributed by atoms with van der Waals surface area (Å²) in [6.45, 7) is 5.26.